The molecule has 0 N–H and O–H groups in total. The van der Waals surface area contributed by atoms with Crippen LogP contribution >= 0.6 is 0 Å². The van der Waals surface area contributed by atoms with Gasteiger partial charge in [0.25, 0.3) is 0 Å². The lowest BCUT2D eigenvalue weighted by Crippen LogP contribution is -2.59. The molecule has 5 heteroatoms. The summed E-state index contributed by atoms with van der Waals surface area (Å²) >= 11 is 0. The second-order valence-electron chi connectivity index (χ2n) is 5.53. The zero-order valence-corrected chi connectivity index (χ0v) is 11.9. The average molecular weight is 274 g/mol. The minimum atomic E-state index is -0.412. The van der Waals surface area contributed by atoms with Gasteiger partial charge in [0.2, 0.25) is 0 Å². The van der Waals surface area contributed by atoms with Gasteiger partial charge in [-0.05, 0) is 36.6 Å². The molecule has 0 bridgehead atoms. The Morgan fingerprint density at radius 2 is 2.00 bits per heavy atom. The molecule has 1 aromatic carbocycles. The molecule has 0 aliphatic carbocycles. The molecule has 0 saturated carbocycles. The van der Waals surface area contributed by atoms with Crippen molar-refractivity contribution in [2.75, 3.05) is 20.7 Å². The van der Waals surface area contributed by atoms with Crippen LogP contribution in [-0.2, 0) is 16.0 Å². The van der Waals surface area contributed by atoms with Crippen LogP contribution < -0.4 is 4.74 Å². The molecule has 2 amide bonds. The van der Waals surface area contributed by atoms with Gasteiger partial charge < -0.3 is 14.5 Å². The maximum Gasteiger partial charge on any atom is 0.312 e. The van der Waals surface area contributed by atoms with E-state index in [2.05, 4.69) is 0 Å². The van der Waals surface area contributed by atoms with Crippen molar-refractivity contribution in [3.05, 3.63) is 29.3 Å². The summed E-state index contributed by atoms with van der Waals surface area (Å²) in [7, 11) is 3.33. The molecule has 0 unspecified atom stereocenters. The SMILES string of the molecule is COc1ccc2c(c1)C[C@H](C)N1C(=O)C(=O)N(C)C[C@@H]21. The Labute approximate surface area is 118 Å². The summed E-state index contributed by atoms with van der Waals surface area (Å²) in [6, 6.07) is 5.94. The molecular weight excluding hydrogens is 256 g/mol. The monoisotopic (exact) mass is 274 g/mol. The van der Waals surface area contributed by atoms with E-state index in [9.17, 15) is 9.59 Å². The first-order valence-corrected chi connectivity index (χ1v) is 6.77. The van der Waals surface area contributed by atoms with E-state index in [0.29, 0.717) is 6.54 Å². The van der Waals surface area contributed by atoms with Crippen molar-refractivity contribution in [1.82, 2.24) is 9.80 Å². The van der Waals surface area contributed by atoms with Crippen molar-refractivity contribution in [2.24, 2.45) is 0 Å². The van der Waals surface area contributed by atoms with Crippen molar-refractivity contribution in [1.29, 1.82) is 0 Å². The molecular formula is C15H18N2O3. The van der Waals surface area contributed by atoms with Gasteiger partial charge in [-0.15, -0.1) is 0 Å². The van der Waals surface area contributed by atoms with Gasteiger partial charge in [-0.2, -0.15) is 0 Å². The molecule has 2 atom stereocenters. The quantitative estimate of drug-likeness (QED) is 0.717. The lowest BCUT2D eigenvalue weighted by atomic mass is 9.87. The number of hydrogen-bond donors (Lipinski definition) is 0. The number of nitrogens with zero attached hydrogens (tertiary/aromatic N) is 2. The minimum absolute atomic E-state index is 0.0322. The lowest BCUT2D eigenvalue weighted by molar-refractivity contribution is -0.160. The van der Waals surface area contributed by atoms with Crippen molar-refractivity contribution < 1.29 is 14.3 Å². The van der Waals surface area contributed by atoms with E-state index in [4.69, 9.17) is 4.74 Å². The van der Waals surface area contributed by atoms with Gasteiger partial charge in [-0.3, -0.25) is 9.59 Å². The predicted octanol–water partition coefficient (Wildman–Crippen LogP) is 0.982. The number of likely N-dealkylation sites (N-methyl/N-ethyl adjacent to an activating group) is 1. The van der Waals surface area contributed by atoms with E-state index in [1.807, 2.05) is 25.1 Å². The van der Waals surface area contributed by atoms with Crippen molar-refractivity contribution in [2.45, 2.75) is 25.4 Å². The van der Waals surface area contributed by atoms with E-state index >= 15 is 0 Å². The maximum atomic E-state index is 12.2. The number of amides is 2. The third-order valence-electron chi connectivity index (χ3n) is 4.25. The highest BCUT2D eigenvalue weighted by Gasteiger charge is 2.43. The van der Waals surface area contributed by atoms with Crippen molar-refractivity contribution in [3.8, 4) is 5.75 Å². The van der Waals surface area contributed by atoms with Crippen LogP contribution in [0.25, 0.3) is 0 Å². The number of hydrogen-bond acceptors (Lipinski definition) is 3. The number of methoxy groups -OCH3 is 1. The summed E-state index contributed by atoms with van der Waals surface area (Å²) in [6.45, 7) is 2.54. The fourth-order valence-corrected chi connectivity index (χ4v) is 3.23. The topological polar surface area (TPSA) is 49.9 Å². The fraction of sp³-hybridized carbons (Fsp3) is 0.467. The number of ether oxygens (including phenoxy) is 1. The Hall–Kier alpha value is -2.04. The van der Waals surface area contributed by atoms with E-state index in [1.54, 1.807) is 19.1 Å². The Balaban J connectivity index is 2.06. The highest BCUT2D eigenvalue weighted by Crippen LogP contribution is 2.37. The normalized spacial score (nSPS) is 25.4. The van der Waals surface area contributed by atoms with Crippen molar-refractivity contribution in [3.63, 3.8) is 0 Å². The molecule has 0 aromatic heterocycles. The summed E-state index contributed by atoms with van der Waals surface area (Å²) in [5.74, 6) is 0.0266. The van der Waals surface area contributed by atoms with Crippen LogP contribution in [0.5, 0.6) is 5.75 Å². The van der Waals surface area contributed by atoms with Gasteiger partial charge in [0, 0.05) is 19.6 Å². The highest BCUT2D eigenvalue weighted by atomic mass is 16.5. The van der Waals surface area contributed by atoms with Gasteiger partial charge in [0.05, 0.1) is 13.2 Å². The van der Waals surface area contributed by atoms with Crippen LogP contribution in [0.15, 0.2) is 18.2 Å². The Kier molecular flexibility index (Phi) is 2.92. The molecule has 3 rings (SSSR count). The van der Waals surface area contributed by atoms with Crippen LogP contribution in [0.2, 0.25) is 0 Å². The summed E-state index contributed by atoms with van der Waals surface area (Å²) in [5, 5.41) is 0. The molecule has 0 spiro atoms. The van der Waals surface area contributed by atoms with Gasteiger partial charge in [0.1, 0.15) is 5.75 Å². The third kappa shape index (κ3) is 1.77. The van der Waals surface area contributed by atoms with E-state index < -0.39 is 11.8 Å². The van der Waals surface area contributed by atoms with Gasteiger partial charge in [-0.1, -0.05) is 6.07 Å². The van der Waals surface area contributed by atoms with Crippen LogP contribution in [0.4, 0.5) is 0 Å². The Morgan fingerprint density at radius 3 is 2.70 bits per heavy atom. The van der Waals surface area contributed by atoms with Crippen LogP contribution in [0, 0.1) is 0 Å². The van der Waals surface area contributed by atoms with Gasteiger partial charge in [0.15, 0.2) is 0 Å². The molecule has 2 aliphatic heterocycles. The molecule has 20 heavy (non-hydrogen) atoms. The molecule has 2 aliphatic rings. The summed E-state index contributed by atoms with van der Waals surface area (Å²) in [5.41, 5.74) is 2.32. The van der Waals surface area contributed by atoms with Crippen molar-refractivity contribution >= 4 is 11.8 Å². The number of carbonyl (C=O) groups excluding carboxylic acids is 2. The van der Waals surface area contributed by atoms with Gasteiger partial charge >= 0.3 is 11.8 Å². The first-order chi connectivity index (χ1) is 9.52. The molecule has 1 saturated heterocycles. The zero-order chi connectivity index (χ0) is 14.4. The first-order valence-electron chi connectivity index (χ1n) is 6.77. The second kappa shape index (κ2) is 4.51. The van der Waals surface area contributed by atoms with Crippen LogP contribution in [0.3, 0.4) is 0 Å². The second-order valence-corrected chi connectivity index (χ2v) is 5.53. The fourth-order valence-electron chi connectivity index (χ4n) is 3.23. The standard InChI is InChI=1S/C15H18N2O3/c1-9-6-10-7-11(20-3)4-5-12(10)13-8-16(2)14(18)15(19)17(9)13/h4-5,7,9,13H,6,8H2,1-3H3/t9-,13-/m0/s1. The Bertz CT molecular complexity index is 584. The van der Waals surface area contributed by atoms with Crippen LogP contribution in [0.1, 0.15) is 24.1 Å². The average Bonchev–Trinajstić information content (AvgIpc) is 2.43. The molecule has 0 radical (unpaired) electrons. The molecule has 1 fully saturated rings. The van der Waals surface area contributed by atoms with Gasteiger partial charge in [-0.25, -0.2) is 0 Å². The molecule has 5 nitrogen and oxygen atoms in total. The largest absolute Gasteiger partial charge is 0.497 e. The third-order valence-corrected chi connectivity index (χ3v) is 4.25. The first kappa shape index (κ1) is 13.0. The predicted molar refractivity (Wildman–Crippen MR) is 73.4 cm³/mol. The molecule has 1 aromatic rings. The number of fused-ring (bicyclic) bond motifs is 3. The molecule has 106 valence electrons. The zero-order valence-electron chi connectivity index (χ0n) is 11.9. The van der Waals surface area contributed by atoms with E-state index in [0.717, 1.165) is 17.7 Å². The number of benzene rings is 1. The number of piperazine rings is 1. The molecule has 2 heterocycles. The van der Waals surface area contributed by atoms with E-state index in [-0.39, 0.29) is 12.1 Å². The summed E-state index contributed by atoms with van der Waals surface area (Å²) in [6.07, 6.45) is 0.756. The summed E-state index contributed by atoms with van der Waals surface area (Å²) in [4.78, 5) is 27.3. The lowest BCUT2D eigenvalue weighted by Gasteiger charge is -2.46. The van der Waals surface area contributed by atoms with E-state index in [1.165, 1.54) is 10.5 Å². The maximum absolute atomic E-state index is 12.2. The minimum Gasteiger partial charge on any atom is -0.497 e. The van der Waals surface area contributed by atoms with Crippen LogP contribution in [-0.4, -0.2) is 48.4 Å². The number of carbonyl (C=O) groups is 2. The Morgan fingerprint density at radius 1 is 1.25 bits per heavy atom. The smallest absolute Gasteiger partial charge is 0.312 e. The highest BCUT2D eigenvalue weighted by molar-refractivity contribution is 6.35. The number of rotatable bonds is 1. The summed E-state index contributed by atoms with van der Waals surface area (Å²) < 4.78 is 5.27.